The van der Waals surface area contributed by atoms with Gasteiger partial charge in [-0.25, -0.2) is 8.42 Å². The van der Waals surface area contributed by atoms with Gasteiger partial charge in [-0.2, -0.15) is 4.31 Å². The number of aryl methyl sites for hydroxylation is 1. The van der Waals surface area contributed by atoms with E-state index in [4.69, 9.17) is 16.3 Å². The Hall–Kier alpha value is -1.66. The van der Waals surface area contributed by atoms with Gasteiger partial charge in [0, 0.05) is 19.7 Å². The highest BCUT2D eigenvalue weighted by Crippen LogP contribution is 2.33. The first-order chi connectivity index (χ1) is 12.4. The molecule has 1 unspecified atom stereocenters. The molecular weight excluding hydrogens is 370 g/mol. The van der Waals surface area contributed by atoms with E-state index < -0.39 is 10.0 Å². The molecule has 1 aliphatic rings. The van der Waals surface area contributed by atoms with Crippen LogP contribution < -0.4 is 0 Å². The molecule has 0 bridgehead atoms. The number of benzene rings is 2. The third kappa shape index (κ3) is 3.86. The molecule has 0 spiro atoms. The van der Waals surface area contributed by atoms with Gasteiger partial charge in [0.1, 0.15) is 0 Å². The van der Waals surface area contributed by atoms with Gasteiger partial charge in [0.15, 0.2) is 0 Å². The quantitative estimate of drug-likeness (QED) is 0.772. The SMILES string of the molecule is CCOC1CN(S(=O)(=O)c2ccc(C)cc2)C/C1=C(\Cl)c1ccccc1. The molecule has 26 heavy (non-hydrogen) atoms. The number of rotatable bonds is 5. The van der Waals surface area contributed by atoms with Crippen molar-refractivity contribution in [3.8, 4) is 0 Å². The number of hydrogen-bond acceptors (Lipinski definition) is 3. The van der Waals surface area contributed by atoms with Gasteiger partial charge in [-0.3, -0.25) is 0 Å². The number of halogens is 1. The molecule has 1 aliphatic heterocycles. The lowest BCUT2D eigenvalue weighted by molar-refractivity contribution is 0.0953. The second-order valence-electron chi connectivity index (χ2n) is 6.26. The average molecular weight is 392 g/mol. The van der Waals surface area contributed by atoms with Crippen molar-refractivity contribution in [3.63, 3.8) is 0 Å². The van der Waals surface area contributed by atoms with E-state index in [2.05, 4.69) is 0 Å². The molecule has 0 radical (unpaired) electrons. The Balaban J connectivity index is 1.96. The van der Waals surface area contributed by atoms with E-state index in [0.717, 1.165) is 16.7 Å². The normalized spacial score (nSPS) is 20.3. The predicted molar refractivity (Wildman–Crippen MR) is 105 cm³/mol. The summed E-state index contributed by atoms with van der Waals surface area (Å²) in [6.45, 7) is 4.81. The summed E-state index contributed by atoms with van der Waals surface area (Å²) < 4.78 is 33.2. The van der Waals surface area contributed by atoms with Crippen molar-refractivity contribution in [2.75, 3.05) is 19.7 Å². The molecule has 1 atom stereocenters. The Morgan fingerprint density at radius 3 is 2.42 bits per heavy atom. The minimum atomic E-state index is -3.59. The maximum Gasteiger partial charge on any atom is 0.243 e. The number of ether oxygens (including phenoxy) is 1. The number of hydrogen-bond donors (Lipinski definition) is 0. The van der Waals surface area contributed by atoms with E-state index in [9.17, 15) is 8.42 Å². The fraction of sp³-hybridized carbons (Fsp3) is 0.300. The summed E-state index contributed by atoms with van der Waals surface area (Å²) in [5.41, 5.74) is 2.68. The standard InChI is InChI=1S/C20H22ClNO3S/c1-3-25-19-14-22(26(23,24)17-11-9-15(2)10-12-17)13-18(19)20(21)16-7-5-4-6-8-16/h4-12,19H,3,13-14H2,1-2H3/b20-18+. The lowest BCUT2D eigenvalue weighted by Gasteiger charge is -2.16. The first kappa shape index (κ1) is 19.1. The maximum absolute atomic E-state index is 13.0. The first-order valence-corrected chi connectivity index (χ1v) is 10.4. The molecule has 138 valence electrons. The Bertz CT molecular complexity index is 892. The lowest BCUT2D eigenvalue weighted by Crippen LogP contribution is -2.30. The van der Waals surface area contributed by atoms with Crippen molar-refractivity contribution in [2.24, 2.45) is 0 Å². The van der Waals surface area contributed by atoms with E-state index in [1.807, 2.05) is 44.2 Å². The summed E-state index contributed by atoms with van der Waals surface area (Å²) in [6, 6.07) is 16.4. The Kier molecular flexibility index (Phi) is 5.82. The van der Waals surface area contributed by atoms with Gasteiger partial charge in [-0.1, -0.05) is 59.6 Å². The molecule has 0 amide bonds. The molecule has 0 N–H and O–H groups in total. The van der Waals surface area contributed by atoms with Gasteiger partial charge in [0.05, 0.1) is 16.0 Å². The van der Waals surface area contributed by atoms with Crippen LogP contribution in [0.25, 0.3) is 5.03 Å². The Morgan fingerprint density at radius 2 is 1.81 bits per heavy atom. The summed E-state index contributed by atoms with van der Waals surface area (Å²) in [6.07, 6.45) is -0.340. The van der Waals surface area contributed by atoms with Crippen molar-refractivity contribution in [1.82, 2.24) is 4.31 Å². The highest BCUT2D eigenvalue weighted by molar-refractivity contribution is 7.89. The van der Waals surface area contributed by atoms with Crippen LogP contribution >= 0.6 is 11.6 Å². The summed E-state index contributed by atoms with van der Waals surface area (Å²) in [4.78, 5) is 0.287. The summed E-state index contributed by atoms with van der Waals surface area (Å²) in [7, 11) is -3.59. The minimum absolute atomic E-state index is 0.231. The van der Waals surface area contributed by atoms with Crippen LogP contribution in [0.4, 0.5) is 0 Å². The highest BCUT2D eigenvalue weighted by Gasteiger charge is 2.37. The van der Waals surface area contributed by atoms with Gasteiger partial charge < -0.3 is 4.74 Å². The Morgan fingerprint density at radius 1 is 1.15 bits per heavy atom. The van der Waals surface area contributed by atoms with E-state index >= 15 is 0 Å². The molecule has 2 aromatic rings. The van der Waals surface area contributed by atoms with Crippen molar-refractivity contribution in [1.29, 1.82) is 0 Å². The number of sulfonamides is 1. The lowest BCUT2D eigenvalue weighted by atomic mass is 10.1. The van der Waals surface area contributed by atoms with Gasteiger partial charge in [0.2, 0.25) is 10.0 Å². The largest absolute Gasteiger partial charge is 0.373 e. The molecule has 6 heteroatoms. The first-order valence-electron chi connectivity index (χ1n) is 8.56. The Labute approximate surface area is 160 Å². The maximum atomic E-state index is 13.0. The summed E-state index contributed by atoms with van der Waals surface area (Å²) in [5, 5.41) is 0.561. The van der Waals surface area contributed by atoms with Gasteiger partial charge in [-0.15, -0.1) is 0 Å². The van der Waals surface area contributed by atoms with Crippen molar-refractivity contribution < 1.29 is 13.2 Å². The smallest absolute Gasteiger partial charge is 0.243 e. The van der Waals surface area contributed by atoms with Crippen LogP contribution in [0.5, 0.6) is 0 Å². The number of nitrogens with zero attached hydrogens (tertiary/aromatic N) is 1. The highest BCUT2D eigenvalue weighted by atomic mass is 35.5. The second-order valence-corrected chi connectivity index (χ2v) is 8.58. The monoisotopic (exact) mass is 391 g/mol. The van der Waals surface area contributed by atoms with Crippen LogP contribution in [0.2, 0.25) is 0 Å². The van der Waals surface area contributed by atoms with Crippen LogP contribution in [-0.4, -0.2) is 38.5 Å². The fourth-order valence-corrected chi connectivity index (χ4v) is 4.76. The van der Waals surface area contributed by atoms with Gasteiger partial charge in [-0.05, 0) is 37.1 Å². The molecular formula is C20H22ClNO3S. The zero-order valence-electron chi connectivity index (χ0n) is 14.9. The van der Waals surface area contributed by atoms with Crippen molar-refractivity contribution >= 4 is 26.7 Å². The molecule has 1 heterocycles. The van der Waals surface area contributed by atoms with Crippen LogP contribution in [0.15, 0.2) is 65.1 Å². The topological polar surface area (TPSA) is 46.6 Å². The molecule has 2 aromatic carbocycles. The van der Waals surface area contributed by atoms with Crippen molar-refractivity contribution in [3.05, 3.63) is 71.3 Å². The molecule has 1 fully saturated rings. The zero-order chi connectivity index (χ0) is 18.7. The van der Waals surface area contributed by atoms with Gasteiger partial charge >= 0.3 is 0 Å². The molecule has 0 aromatic heterocycles. The van der Waals surface area contributed by atoms with E-state index in [0.29, 0.717) is 11.6 Å². The average Bonchev–Trinajstić information content (AvgIpc) is 3.07. The molecule has 1 saturated heterocycles. The van der Waals surface area contributed by atoms with Crippen molar-refractivity contribution in [2.45, 2.75) is 24.8 Å². The minimum Gasteiger partial charge on any atom is -0.373 e. The zero-order valence-corrected chi connectivity index (χ0v) is 16.4. The molecule has 0 saturated carbocycles. The van der Waals surface area contributed by atoms with Crippen LogP contribution in [0, 0.1) is 6.92 Å². The molecule has 0 aliphatic carbocycles. The van der Waals surface area contributed by atoms with E-state index in [1.54, 1.807) is 24.3 Å². The van der Waals surface area contributed by atoms with Crippen LogP contribution in [-0.2, 0) is 14.8 Å². The summed E-state index contributed by atoms with van der Waals surface area (Å²) in [5.74, 6) is 0. The second kappa shape index (κ2) is 7.92. The third-order valence-electron chi connectivity index (χ3n) is 4.44. The van der Waals surface area contributed by atoms with E-state index in [-0.39, 0.29) is 24.1 Å². The molecule has 3 rings (SSSR count). The predicted octanol–water partition coefficient (Wildman–Crippen LogP) is 4.05. The summed E-state index contributed by atoms with van der Waals surface area (Å²) >= 11 is 6.60. The third-order valence-corrected chi connectivity index (χ3v) is 6.73. The van der Waals surface area contributed by atoms with Crippen LogP contribution in [0.1, 0.15) is 18.1 Å². The molecule has 4 nitrogen and oxygen atoms in total. The fourth-order valence-electron chi connectivity index (χ4n) is 3.03. The van der Waals surface area contributed by atoms with E-state index in [1.165, 1.54) is 4.31 Å². The van der Waals surface area contributed by atoms with Crippen LogP contribution in [0.3, 0.4) is 0 Å². The van der Waals surface area contributed by atoms with Gasteiger partial charge in [0.25, 0.3) is 0 Å².